The van der Waals surface area contributed by atoms with Crippen molar-refractivity contribution in [3.63, 3.8) is 0 Å². The Hall–Kier alpha value is -3.35. The lowest BCUT2D eigenvalue weighted by Crippen LogP contribution is -2.09. The monoisotopic (exact) mass is 320 g/mol. The summed E-state index contributed by atoms with van der Waals surface area (Å²) >= 11 is 0. The molecule has 0 saturated heterocycles. The van der Waals surface area contributed by atoms with Gasteiger partial charge in [-0.05, 0) is 17.7 Å². The molecule has 24 heavy (non-hydrogen) atoms. The third kappa shape index (κ3) is 3.05. The van der Waals surface area contributed by atoms with Gasteiger partial charge in [0.1, 0.15) is 23.7 Å². The van der Waals surface area contributed by atoms with Crippen LogP contribution in [-0.2, 0) is 13.1 Å². The maximum absolute atomic E-state index is 5.32. The summed E-state index contributed by atoms with van der Waals surface area (Å²) in [5.41, 5.74) is 1.19. The molecule has 120 valence electrons. The molecule has 0 aliphatic rings. The number of nitrogens with zero attached hydrogens (tertiary/aromatic N) is 4. The molecule has 0 aliphatic carbocycles. The first-order valence-electron chi connectivity index (χ1n) is 7.63. The molecule has 7 nitrogen and oxygen atoms in total. The molecule has 0 aliphatic heterocycles. The van der Waals surface area contributed by atoms with Crippen molar-refractivity contribution in [2.24, 2.45) is 0 Å². The zero-order valence-electron chi connectivity index (χ0n) is 12.9. The number of furan rings is 1. The lowest BCUT2D eigenvalue weighted by Gasteiger charge is -2.10. The first-order valence-corrected chi connectivity index (χ1v) is 7.63. The number of hydrogen-bond donors (Lipinski definition) is 2. The van der Waals surface area contributed by atoms with Crippen molar-refractivity contribution in [2.75, 3.05) is 10.6 Å². The van der Waals surface area contributed by atoms with Crippen LogP contribution >= 0.6 is 0 Å². The van der Waals surface area contributed by atoms with E-state index in [-0.39, 0.29) is 0 Å². The highest BCUT2D eigenvalue weighted by Gasteiger charge is 2.08. The van der Waals surface area contributed by atoms with Crippen molar-refractivity contribution in [2.45, 2.75) is 13.1 Å². The fourth-order valence-electron chi connectivity index (χ4n) is 2.41. The zero-order valence-corrected chi connectivity index (χ0v) is 12.9. The van der Waals surface area contributed by atoms with Crippen LogP contribution in [0.15, 0.2) is 65.5 Å². The Bertz CT molecular complexity index is 917. The minimum Gasteiger partial charge on any atom is -0.467 e. The van der Waals surface area contributed by atoms with E-state index in [0.29, 0.717) is 24.7 Å². The number of aromatic nitrogens is 4. The van der Waals surface area contributed by atoms with Crippen molar-refractivity contribution in [3.05, 3.63) is 72.4 Å². The van der Waals surface area contributed by atoms with E-state index in [2.05, 4.69) is 37.8 Å². The molecular weight excluding hydrogens is 304 g/mol. The minimum absolute atomic E-state index is 0.537. The summed E-state index contributed by atoms with van der Waals surface area (Å²) < 4.78 is 7.01. The predicted molar refractivity (Wildman–Crippen MR) is 90.6 cm³/mol. The van der Waals surface area contributed by atoms with Gasteiger partial charge in [-0.15, -0.1) is 0 Å². The Morgan fingerprint density at radius 2 is 1.92 bits per heavy atom. The highest BCUT2D eigenvalue weighted by Crippen LogP contribution is 2.16. The second-order valence-electron chi connectivity index (χ2n) is 5.27. The minimum atomic E-state index is 0.537. The van der Waals surface area contributed by atoms with Gasteiger partial charge in [0, 0.05) is 12.6 Å². The highest BCUT2D eigenvalue weighted by atomic mass is 16.3. The van der Waals surface area contributed by atoms with Crippen molar-refractivity contribution in [3.8, 4) is 0 Å². The van der Waals surface area contributed by atoms with Gasteiger partial charge in [-0.25, -0.2) is 0 Å². The molecule has 0 bridgehead atoms. The van der Waals surface area contributed by atoms with Gasteiger partial charge >= 0.3 is 0 Å². The molecule has 0 radical (unpaired) electrons. The highest BCUT2D eigenvalue weighted by molar-refractivity contribution is 5.54. The third-order valence-corrected chi connectivity index (χ3v) is 3.59. The molecule has 0 fully saturated rings. The van der Waals surface area contributed by atoms with Crippen molar-refractivity contribution in [1.29, 1.82) is 0 Å². The van der Waals surface area contributed by atoms with E-state index in [1.807, 2.05) is 36.4 Å². The molecule has 7 heteroatoms. The number of rotatable bonds is 6. The van der Waals surface area contributed by atoms with E-state index >= 15 is 0 Å². The molecule has 4 aromatic rings. The van der Waals surface area contributed by atoms with E-state index in [4.69, 9.17) is 4.42 Å². The summed E-state index contributed by atoms with van der Waals surface area (Å²) in [7, 11) is 0. The van der Waals surface area contributed by atoms with Gasteiger partial charge in [0.15, 0.2) is 0 Å². The van der Waals surface area contributed by atoms with Crippen molar-refractivity contribution in [1.82, 2.24) is 19.6 Å². The predicted octanol–water partition coefficient (Wildman–Crippen LogP) is 2.94. The SMILES string of the molecule is c1ccc(CNc2cc(NCc3ccco3)nc3ncnn23)cc1. The fraction of sp³-hybridized carbons (Fsp3) is 0.118. The summed E-state index contributed by atoms with van der Waals surface area (Å²) in [4.78, 5) is 8.62. The Morgan fingerprint density at radius 1 is 1.00 bits per heavy atom. The Labute approximate surface area is 138 Å². The largest absolute Gasteiger partial charge is 0.467 e. The maximum Gasteiger partial charge on any atom is 0.256 e. The van der Waals surface area contributed by atoms with Gasteiger partial charge in [-0.2, -0.15) is 19.6 Å². The average Bonchev–Trinajstić information content (AvgIpc) is 3.30. The molecule has 4 rings (SSSR count). The van der Waals surface area contributed by atoms with Gasteiger partial charge in [0.05, 0.1) is 12.8 Å². The molecule has 3 heterocycles. The second-order valence-corrected chi connectivity index (χ2v) is 5.27. The molecule has 0 saturated carbocycles. The lowest BCUT2D eigenvalue weighted by molar-refractivity contribution is 0.518. The average molecular weight is 320 g/mol. The van der Waals surface area contributed by atoms with Crippen LogP contribution in [0.2, 0.25) is 0 Å². The van der Waals surface area contributed by atoms with Gasteiger partial charge in [0.25, 0.3) is 5.78 Å². The second kappa shape index (κ2) is 6.41. The van der Waals surface area contributed by atoms with Crippen molar-refractivity contribution >= 4 is 17.4 Å². The van der Waals surface area contributed by atoms with Crippen LogP contribution in [0.3, 0.4) is 0 Å². The van der Waals surface area contributed by atoms with Crippen LogP contribution in [-0.4, -0.2) is 19.6 Å². The van der Waals surface area contributed by atoms with Crippen molar-refractivity contribution < 1.29 is 4.42 Å². The first kappa shape index (κ1) is 14.3. The van der Waals surface area contributed by atoms with Crippen LogP contribution < -0.4 is 10.6 Å². The quantitative estimate of drug-likeness (QED) is 0.568. The number of fused-ring (bicyclic) bond motifs is 1. The molecule has 0 spiro atoms. The van der Waals surface area contributed by atoms with E-state index in [0.717, 1.165) is 11.6 Å². The molecule has 3 aromatic heterocycles. The Kier molecular flexibility index (Phi) is 3.81. The molecular formula is C17H16N6O. The number of hydrogen-bond acceptors (Lipinski definition) is 6. The summed E-state index contributed by atoms with van der Waals surface area (Å²) in [6, 6.07) is 15.9. The smallest absolute Gasteiger partial charge is 0.256 e. The topological polar surface area (TPSA) is 80.3 Å². The maximum atomic E-state index is 5.32. The van der Waals surface area contributed by atoms with Crippen LogP contribution in [0, 0.1) is 0 Å². The molecule has 1 aromatic carbocycles. The lowest BCUT2D eigenvalue weighted by atomic mass is 10.2. The number of nitrogens with one attached hydrogen (secondary N) is 2. The first-order chi connectivity index (χ1) is 11.9. The molecule has 2 N–H and O–H groups in total. The standard InChI is InChI=1S/C17H16N6O/c1-2-5-13(6-3-1)10-19-16-9-15(18-11-14-7-4-8-24-14)22-17-20-12-21-23(16)17/h1-9,12,19H,10-11H2,(H,18,20,21,22). The third-order valence-electron chi connectivity index (χ3n) is 3.59. The van der Waals surface area contributed by atoms with Gasteiger partial charge in [0.2, 0.25) is 0 Å². The summed E-state index contributed by atoms with van der Waals surface area (Å²) in [5.74, 6) is 2.91. The molecule has 0 amide bonds. The Balaban J connectivity index is 1.55. The molecule has 0 atom stereocenters. The molecule has 0 unspecified atom stereocenters. The van der Waals surface area contributed by atoms with E-state index in [1.165, 1.54) is 11.9 Å². The summed E-state index contributed by atoms with van der Waals surface area (Å²) in [5, 5.41) is 10.8. The van der Waals surface area contributed by atoms with Crippen LogP contribution in [0.1, 0.15) is 11.3 Å². The van der Waals surface area contributed by atoms with E-state index in [1.54, 1.807) is 10.8 Å². The van der Waals surface area contributed by atoms with Gasteiger partial charge < -0.3 is 15.1 Å². The van der Waals surface area contributed by atoms with Gasteiger partial charge in [-0.1, -0.05) is 30.3 Å². The number of anilines is 2. The van der Waals surface area contributed by atoms with Crippen LogP contribution in [0.4, 0.5) is 11.6 Å². The van der Waals surface area contributed by atoms with Gasteiger partial charge in [-0.3, -0.25) is 0 Å². The zero-order chi connectivity index (χ0) is 16.2. The number of benzene rings is 1. The fourth-order valence-corrected chi connectivity index (χ4v) is 2.41. The Morgan fingerprint density at radius 3 is 2.75 bits per heavy atom. The van der Waals surface area contributed by atoms with Crippen LogP contribution in [0.25, 0.3) is 5.78 Å². The van der Waals surface area contributed by atoms with E-state index < -0.39 is 0 Å². The summed E-state index contributed by atoms with van der Waals surface area (Å²) in [6.07, 6.45) is 3.14. The van der Waals surface area contributed by atoms with E-state index in [9.17, 15) is 0 Å². The summed E-state index contributed by atoms with van der Waals surface area (Å²) in [6.45, 7) is 1.25. The normalized spacial score (nSPS) is 10.8. The van der Waals surface area contributed by atoms with Crippen LogP contribution in [0.5, 0.6) is 0 Å².